The molecule has 1 aliphatic heterocycles. The summed E-state index contributed by atoms with van der Waals surface area (Å²) >= 11 is 0. The zero-order chi connectivity index (χ0) is 8.55. The van der Waals surface area contributed by atoms with Crippen LogP contribution >= 0.6 is 0 Å². The molecule has 0 radical (unpaired) electrons. The van der Waals surface area contributed by atoms with Gasteiger partial charge in [0, 0.05) is 18.2 Å². The molecule has 2 nitrogen and oxygen atoms in total. The van der Waals surface area contributed by atoms with Crippen LogP contribution in [0, 0.1) is 11.3 Å². The summed E-state index contributed by atoms with van der Waals surface area (Å²) in [6.45, 7) is 3.16. The average molecular weight is 158 g/mol. The first-order chi connectivity index (χ1) is 5.81. The lowest BCUT2D eigenvalue weighted by Gasteiger charge is -2.01. The van der Waals surface area contributed by atoms with E-state index in [-0.39, 0.29) is 0 Å². The molecule has 0 bridgehead atoms. The van der Waals surface area contributed by atoms with Gasteiger partial charge in [0.05, 0.1) is 11.6 Å². The van der Waals surface area contributed by atoms with E-state index in [4.69, 9.17) is 5.26 Å². The number of fused-ring (bicyclic) bond motifs is 1. The molecule has 0 saturated carbocycles. The van der Waals surface area contributed by atoms with Gasteiger partial charge in [-0.1, -0.05) is 6.92 Å². The van der Waals surface area contributed by atoms with E-state index in [2.05, 4.69) is 18.3 Å². The number of nitriles is 1. The molecule has 1 atom stereocenters. The van der Waals surface area contributed by atoms with Gasteiger partial charge in [-0.05, 0) is 23.8 Å². The molecule has 0 amide bonds. The van der Waals surface area contributed by atoms with Crippen molar-refractivity contribution in [2.45, 2.75) is 12.8 Å². The van der Waals surface area contributed by atoms with Gasteiger partial charge in [0.25, 0.3) is 0 Å². The van der Waals surface area contributed by atoms with E-state index in [9.17, 15) is 0 Å². The quantitative estimate of drug-likeness (QED) is 0.627. The highest BCUT2D eigenvalue weighted by molar-refractivity contribution is 5.60. The normalized spacial score (nSPS) is 19.5. The molecule has 2 rings (SSSR count). The van der Waals surface area contributed by atoms with Gasteiger partial charge in [-0.15, -0.1) is 0 Å². The molecule has 0 unspecified atom stereocenters. The summed E-state index contributed by atoms with van der Waals surface area (Å²) in [6, 6.07) is 7.96. The highest BCUT2D eigenvalue weighted by atomic mass is 14.9. The van der Waals surface area contributed by atoms with Crippen molar-refractivity contribution in [2.75, 3.05) is 11.9 Å². The Balaban J connectivity index is 2.52. The minimum Gasteiger partial charge on any atom is -0.384 e. The second kappa shape index (κ2) is 2.53. The van der Waals surface area contributed by atoms with Gasteiger partial charge >= 0.3 is 0 Å². The van der Waals surface area contributed by atoms with Gasteiger partial charge in [0.2, 0.25) is 0 Å². The SMILES string of the molecule is C[C@H]1CNc2ccc(C#N)cc21. The van der Waals surface area contributed by atoms with Crippen molar-refractivity contribution in [3.63, 3.8) is 0 Å². The van der Waals surface area contributed by atoms with Gasteiger partial charge < -0.3 is 5.32 Å². The molecule has 0 aromatic heterocycles. The molecular formula is C10H10N2. The van der Waals surface area contributed by atoms with Crippen LogP contribution in [-0.2, 0) is 0 Å². The summed E-state index contributed by atoms with van der Waals surface area (Å²) in [4.78, 5) is 0. The Morgan fingerprint density at radius 1 is 1.58 bits per heavy atom. The molecule has 0 spiro atoms. The van der Waals surface area contributed by atoms with E-state index in [1.54, 1.807) is 0 Å². The van der Waals surface area contributed by atoms with Gasteiger partial charge in [-0.3, -0.25) is 0 Å². The molecular weight excluding hydrogens is 148 g/mol. The van der Waals surface area contributed by atoms with Gasteiger partial charge in [-0.25, -0.2) is 0 Å². The zero-order valence-corrected chi connectivity index (χ0v) is 6.96. The Morgan fingerprint density at radius 3 is 3.17 bits per heavy atom. The fourth-order valence-electron chi connectivity index (χ4n) is 1.57. The number of hydrogen-bond acceptors (Lipinski definition) is 2. The predicted molar refractivity (Wildman–Crippen MR) is 48.1 cm³/mol. The number of rotatable bonds is 0. The van der Waals surface area contributed by atoms with Crippen molar-refractivity contribution >= 4 is 5.69 Å². The third kappa shape index (κ3) is 0.947. The number of hydrogen-bond donors (Lipinski definition) is 1. The minimum absolute atomic E-state index is 0.535. The van der Waals surface area contributed by atoms with Crippen molar-refractivity contribution in [1.82, 2.24) is 0 Å². The smallest absolute Gasteiger partial charge is 0.0991 e. The van der Waals surface area contributed by atoms with Crippen LogP contribution in [0.15, 0.2) is 18.2 Å². The molecule has 0 saturated heterocycles. The largest absolute Gasteiger partial charge is 0.384 e. The third-order valence-corrected chi connectivity index (χ3v) is 2.31. The van der Waals surface area contributed by atoms with Gasteiger partial charge in [-0.2, -0.15) is 5.26 Å². The summed E-state index contributed by atoms with van der Waals surface area (Å²) in [6.07, 6.45) is 0. The first-order valence-electron chi connectivity index (χ1n) is 4.09. The summed E-state index contributed by atoms with van der Waals surface area (Å²) in [5.74, 6) is 0.535. The van der Waals surface area contributed by atoms with E-state index >= 15 is 0 Å². The molecule has 2 heteroatoms. The molecule has 1 aromatic rings. The lowest BCUT2D eigenvalue weighted by Crippen LogP contribution is -1.95. The highest BCUT2D eigenvalue weighted by Gasteiger charge is 2.17. The maximum Gasteiger partial charge on any atom is 0.0991 e. The fraction of sp³-hybridized carbons (Fsp3) is 0.300. The Hall–Kier alpha value is -1.49. The Kier molecular flexibility index (Phi) is 1.51. The Labute approximate surface area is 71.8 Å². The van der Waals surface area contributed by atoms with Crippen LogP contribution in [0.3, 0.4) is 0 Å². The Bertz CT molecular complexity index is 349. The van der Waals surface area contributed by atoms with E-state index in [1.807, 2.05) is 18.2 Å². The van der Waals surface area contributed by atoms with E-state index < -0.39 is 0 Å². The van der Waals surface area contributed by atoms with Crippen LogP contribution in [0.25, 0.3) is 0 Å². The number of benzene rings is 1. The topological polar surface area (TPSA) is 35.8 Å². The average Bonchev–Trinajstić information content (AvgIpc) is 2.47. The van der Waals surface area contributed by atoms with Crippen molar-refractivity contribution in [3.8, 4) is 6.07 Å². The monoisotopic (exact) mass is 158 g/mol. The van der Waals surface area contributed by atoms with Crippen molar-refractivity contribution in [3.05, 3.63) is 29.3 Å². The molecule has 0 aliphatic carbocycles. The lowest BCUT2D eigenvalue weighted by atomic mass is 10.0. The maximum absolute atomic E-state index is 8.68. The molecule has 60 valence electrons. The van der Waals surface area contributed by atoms with Gasteiger partial charge in [0.15, 0.2) is 0 Å². The highest BCUT2D eigenvalue weighted by Crippen LogP contribution is 2.31. The summed E-state index contributed by atoms with van der Waals surface area (Å²) < 4.78 is 0. The summed E-state index contributed by atoms with van der Waals surface area (Å²) in [7, 11) is 0. The number of nitrogens with zero attached hydrogens (tertiary/aromatic N) is 1. The van der Waals surface area contributed by atoms with Gasteiger partial charge in [0.1, 0.15) is 0 Å². The van der Waals surface area contributed by atoms with Crippen LogP contribution in [0.2, 0.25) is 0 Å². The Morgan fingerprint density at radius 2 is 2.42 bits per heavy atom. The van der Waals surface area contributed by atoms with Crippen molar-refractivity contribution < 1.29 is 0 Å². The lowest BCUT2D eigenvalue weighted by molar-refractivity contribution is 0.854. The summed E-state index contributed by atoms with van der Waals surface area (Å²) in [5, 5.41) is 12.0. The number of anilines is 1. The first kappa shape index (κ1) is 7.17. The molecule has 1 aromatic carbocycles. The van der Waals surface area contributed by atoms with E-state index in [1.165, 1.54) is 11.3 Å². The van der Waals surface area contributed by atoms with E-state index in [0.29, 0.717) is 5.92 Å². The number of nitrogens with one attached hydrogen (secondary N) is 1. The molecule has 0 fully saturated rings. The van der Waals surface area contributed by atoms with E-state index in [0.717, 1.165) is 12.1 Å². The fourth-order valence-corrected chi connectivity index (χ4v) is 1.57. The van der Waals surface area contributed by atoms with Crippen LogP contribution in [0.4, 0.5) is 5.69 Å². The second-order valence-electron chi connectivity index (χ2n) is 3.20. The maximum atomic E-state index is 8.68. The predicted octanol–water partition coefficient (Wildman–Crippen LogP) is 2.09. The van der Waals surface area contributed by atoms with Crippen molar-refractivity contribution in [1.29, 1.82) is 5.26 Å². The van der Waals surface area contributed by atoms with Crippen molar-refractivity contribution in [2.24, 2.45) is 0 Å². The molecule has 1 N–H and O–H groups in total. The molecule has 1 aliphatic rings. The third-order valence-electron chi connectivity index (χ3n) is 2.31. The zero-order valence-electron chi connectivity index (χ0n) is 6.96. The van der Waals surface area contributed by atoms with Crippen LogP contribution in [0.5, 0.6) is 0 Å². The second-order valence-corrected chi connectivity index (χ2v) is 3.20. The summed E-state index contributed by atoms with van der Waals surface area (Å²) in [5.41, 5.74) is 3.21. The first-order valence-corrected chi connectivity index (χ1v) is 4.09. The standard InChI is InChI=1S/C10H10N2/c1-7-6-12-10-3-2-8(5-11)4-9(7)10/h2-4,7,12H,6H2,1H3/t7-/m0/s1. The minimum atomic E-state index is 0.535. The molecule has 1 heterocycles. The van der Waals surface area contributed by atoms with Crippen LogP contribution < -0.4 is 5.32 Å². The van der Waals surface area contributed by atoms with Crippen LogP contribution in [0.1, 0.15) is 24.0 Å². The van der Waals surface area contributed by atoms with Crippen LogP contribution in [-0.4, -0.2) is 6.54 Å². The molecule has 12 heavy (non-hydrogen) atoms.